The van der Waals surface area contributed by atoms with Crippen molar-refractivity contribution in [2.24, 2.45) is 0 Å². The van der Waals surface area contributed by atoms with Crippen LogP contribution in [0.2, 0.25) is 0 Å². The normalized spacial score (nSPS) is 20.8. The van der Waals surface area contributed by atoms with E-state index >= 15 is 0 Å². The van der Waals surface area contributed by atoms with Crippen LogP contribution >= 0.6 is 0 Å². The van der Waals surface area contributed by atoms with Gasteiger partial charge in [0.25, 0.3) is 5.56 Å². The summed E-state index contributed by atoms with van der Waals surface area (Å²) in [4.78, 5) is 43.0. The standard InChI is InChI=1S/C20H28N6O3/c1-24(2)20-21-11-15-17(23-20)10-16(22-19(15)28)14-4-3-5-26(12-14)18(27)13-25-6-8-29-9-7-25/h10-11,14H,3-9,12-13H2,1-2H3,(H,22,28)/t14-/m1/s1. The lowest BCUT2D eigenvalue weighted by molar-refractivity contribution is -0.134. The van der Waals surface area contributed by atoms with E-state index in [1.54, 1.807) is 6.20 Å². The van der Waals surface area contributed by atoms with Crippen LogP contribution in [-0.4, -0.2) is 90.7 Å². The Morgan fingerprint density at radius 3 is 2.86 bits per heavy atom. The maximum Gasteiger partial charge on any atom is 0.259 e. The molecule has 0 spiro atoms. The van der Waals surface area contributed by atoms with E-state index in [1.165, 1.54) is 0 Å². The zero-order chi connectivity index (χ0) is 20.4. The first kappa shape index (κ1) is 19.8. The van der Waals surface area contributed by atoms with Crippen molar-refractivity contribution in [1.82, 2.24) is 24.8 Å². The lowest BCUT2D eigenvalue weighted by Gasteiger charge is -2.35. The highest BCUT2D eigenvalue weighted by Crippen LogP contribution is 2.26. The van der Waals surface area contributed by atoms with Crippen LogP contribution in [0.25, 0.3) is 10.9 Å². The SMILES string of the molecule is CN(C)c1ncc2c(=O)[nH]c([C@@H]3CCCN(C(=O)CN4CCOCC4)C3)cc2n1. The molecule has 1 atom stereocenters. The van der Waals surface area contributed by atoms with Crippen molar-refractivity contribution in [3.63, 3.8) is 0 Å². The van der Waals surface area contributed by atoms with Crippen molar-refractivity contribution >= 4 is 22.8 Å². The minimum absolute atomic E-state index is 0.104. The summed E-state index contributed by atoms with van der Waals surface area (Å²) in [6.07, 6.45) is 3.43. The molecule has 156 valence electrons. The van der Waals surface area contributed by atoms with Crippen molar-refractivity contribution in [3.05, 3.63) is 28.3 Å². The molecule has 1 N–H and O–H groups in total. The van der Waals surface area contributed by atoms with E-state index < -0.39 is 0 Å². The second-order valence-electron chi connectivity index (χ2n) is 7.98. The molecule has 0 unspecified atom stereocenters. The van der Waals surface area contributed by atoms with Gasteiger partial charge in [0.15, 0.2) is 0 Å². The molecule has 0 bridgehead atoms. The fourth-order valence-electron chi connectivity index (χ4n) is 4.00. The first-order valence-electron chi connectivity index (χ1n) is 10.2. The summed E-state index contributed by atoms with van der Waals surface area (Å²) in [6, 6.07) is 1.94. The number of morpholine rings is 1. The molecule has 2 saturated heterocycles. The monoisotopic (exact) mass is 400 g/mol. The third kappa shape index (κ3) is 4.40. The number of likely N-dealkylation sites (tertiary alicyclic amines) is 1. The zero-order valence-corrected chi connectivity index (χ0v) is 17.1. The molecule has 29 heavy (non-hydrogen) atoms. The quantitative estimate of drug-likeness (QED) is 0.795. The molecule has 2 aromatic rings. The Morgan fingerprint density at radius 2 is 2.10 bits per heavy atom. The highest BCUT2D eigenvalue weighted by atomic mass is 16.5. The summed E-state index contributed by atoms with van der Waals surface area (Å²) in [5.74, 6) is 0.823. The number of rotatable bonds is 4. The Morgan fingerprint density at radius 1 is 1.31 bits per heavy atom. The van der Waals surface area contributed by atoms with Gasteiger partial charge in [0.2, 0.25) is 11.9 Å². The van der Waals surface area contributed by atoms with Crippen LogP contribution < -0.4 is 10.5 Å². The predicted octanol–water partition coefficient (Wildman–Crippen LogP) is 0.422. The average Bonchev–Trinajstić information content (AvgIpc) is 2.74. The molecule has 9 heteroatoms. The minimum Gasteiger partial charge on any atom is -0.379 e. The number of piperidine rings is 1. The molecule has 4 rings (SSSR count). The number of amides is 1. The van der Waals surface area contributed by atoms with Crippen LogP contribution in [0.4, 0.5) is 5.95 Å². The van der Waals surface area contributed by atoms with Crippen LogP contribution in [0.15, 0.2) is 17.1 Å². The van der Waals surface area contributed by atoms with E-state index in [9.17, 15) is 9.59 Å². The van der Waals surface area contributed by atoms with Crippen LogP contribution in [-0.2, 0) is 9.53 Å². The van der Waals surface area contributed by atoms with Gasteiger partial charge in [-0.2, -0.15) is 0 Å². The summed E-state index contributed by atoms with van der Waals surface area (Å²) < 4.78 is 5.36. The largest absolute Gasteiger partial charge is 0.379 e. The second-order valence-corrected chi connectivity index (χ2v) is 7.98. The molecular weight excluding hydrogens is 372 g/mol. The number of H-pyrrole nitrogens is 1. The molecule has 1 amide bonds. The number of anilines is 1. The summed E-state index contributed by atoms with van der Waals surface area (Å²) >= 11 is 0. The van der Waals surface area contributed by atoms with E-state index in [0.717, 1.165) is 38.2 Å². The zero-order valence-electron chi connectivity index (χ0n) is 17.1. The number of hydrogen-bond acceptors (Lipinski definition) is 7. The summed E-state index contributed by atoms with van der Waals surface area (Å²) in [7, 11) is 3.74. The Balaban J connectivity index is 1.52. The van der Waals surface area contributed by atoms with Gasteiger partial charge in [0.1, 0.15) is 0 Å². The van der Waals surface area contributed by atoms with Crippen molar-refractivity contribution in [1.29, 1.82) is 0 Å². The molecule has 0 aromatic carbocycles. The van der Waals surface area contributed by atoms with E-state index in [0.29, 0.717) is 43.2 Å². The number of carbonyl (C=O) groups excluding carboxylic acids is 1. The molecular formula is C20H28N6O3. The van der Waals surface area contributed by atoms with E-state index in [1.807, 2.05) is 30.0 Å². The molecule has 4 heterocycles. The van der Waals surface area contributed by atoms with Crippen molar-refractivity contribution in [2.45, 2.75) is 18.8 Å². The number of aromatic amines is 1. The fraction of sp³-hybridized carbons (Fsp3) is 0.600. The number of fused-ring (bicyclic) bond motifs is 1. The van der Waals surface area contributed by atoms with Crippen LogP contribution in [0.5, 0.6) is 0 Å². The van der Waals surface area contributed by atoms with Crippen LogP contribution in [0.3, 0.4) is 0 Å². The van der Waals surface area contributed by atoms with Crippen molar-refractivity contribution < 1.29 is 9.53 Å². The predicted molar refractivity (Wildman–Crippen MR) is 110 cm³/mol. The number of nitrogens with one attached hydrogen (secondary N) is 1. The van der Waals surface area contributed by atoms with Gasteiger partial charge < -0.3 is 19.5 Å². The summed E-state index contributed by atoms with van der Waals surface area (Å²) in [6.45, 7) is 4.80. The second kappa shape index (κ2) is 8.46. The van der Waals surface area contributed by atoms with Crippen LogP contribution in [0, 0.1) is 0 Å². The molecule has 2 aromatic heterocycles. The van der Waals surface area contributed by atoms with Gasteiger partial charge in [-0.3, -0.25) is 14.5 Å². The third-order valence-electron chi connectivity index (χ3n) is 5.68. The van der Waals surface area contributed by atoms with E-state index in [-0.39, 0.29) is 17.4 Å². The lowest BCUT2D eigenvalue weighted by atomic mass is 9.94. The van der Waals surface area contributed by atoms with Crippen LogP contribution in [0.1, 0.15) is 24.5 Å². The molecule has 9 nitrogen and oxygen atoms in total. The maximum absolute atomic E-state index is 12.8. The Bertz CT molecular complexity index is 937. The third-order valence-corrected chi connectivity index (χ3v) is 5.68. The molecule has 0 radical (unpaired) electrons. The number of carbonyl (C=O) groups is 1. The van der Waals surface area contributed by atoms with Gasteiger partial charge in [-0.25, -0.2) is 9.97 Å². The summed E-state index contributed by atoms with van der Waals surface area (Å²) in [5, 5.41) is 0.482. The molecule has 0 aliphatic carbocycles. The molecule has 0 saturated carbocycles. The molecule has 2 aliphatic rings. The molecule has 2 fully saturated rings. The number of aromatic nitrogens is 3. The first-order chi connectivity index (χ1) is 14.0. The van der Waals surface area contributed by atoms with Gasteiger partial charge in [-0.15, -0.1) is 0 Å². The minimum atomic E-state index is -0.181. The lowest BCUT2D eigenvalue weighted by Crippen LogP contribution is -2.47. The molecule has 2 aliphatic heterocycles. The number of hydrogen-bond donors (Lipinski definition) is 1. The van der Waals surface area contributed by atoms with Gasteiger partial charge >= 0.3 is 0 Å². The highest BCUT2D eigenvalue weighted by Gasteiger charge is 2.27. The summed E-state index contributed by atoms with van der Waals surface area (Å²) in [5.41, 5.74) is 1.30. The van der Waals surface area contributed by atoms with Gasteiger partial charge in [-0.1, -0.05) is 0 Å². The van der Waals surface area contributed by atoms with Gasteiger partial charge in [0.05, 0.1) is 30.7 Å². The Hall–Kier alpha value is -2.52. The highest BCUT2D eigenvalue weighted by molar-refractivity contribution is 5.79. The maximum atomic E-state index is 12.8. The van der Waals surface area contributed by atoms with E-state index in [2.05, 4.69) is 19.9 Å². The van der Waals surface area contributed by atoms with Gasteiger partial charge in [0, 0.05) is 58.1 Å². The first-order valence-corrected chi connectivity index (χ1v) is 10.2. The average molecular weight is 400 g/mol. The van der Waals surface area contributed by atoms with E-state index in [4.69, 9.17) is 4.74 Å². The van der Waals surface area contributed by atoms with Crippen molar-refractivity contribution in [3.8, 4) is 0 Å². The number of pyridine rings is 1. The Labute approximate surface area is 169 Å². The number of nitrogens with zero attached hydrogens (tertiary/aromatic N) is 5. The number of ether oxygens (including phenoxy) is 1. The fourth-order valence-corrected chi connectivity index (χ4v) is 4.00. The van der Waals surface area contributed by atoms with Gasteiger partial charge in [-0.05, 0) is 18.9 Å². The topological polar surface area (TPSA) is 94.7 Å². The smallest absolute Gasteiger partial charge is 0.259 e. The Kier molecular flexibility index (Phi) is 5.77. The van der Waals surface area contributed by atoms with Crippen molar-refractivity contribution in [2.75, 3.05) is 64.9 Å².